The maximum absolute atomic E-state index is 16.0. The number of para-hydroxylation sites is 1. The minimum atomic E-state index is -0.727. The summed E-state index contributed by atoms with van der Waals surface area (Å²) in [5.41, 5.74) is 3.51. The zero-order chi connectivity index (χ0) is 29.6. The fraction of sp³-hybridized carbons (Fsp3) is 0.345. The Kier molecular flexibility index (Phi) is 7.89. The number of anilines is 2. The summed E-state index contributed by atoms with van der Waals surface area (Å²) >= 11 is 1.45. The van der Waals surface area contributed by atoms with Crippen molar-refractivity contribution in [3.8, 4) is 21.8 Å². The lowest BCUT2D eigenvalue weighted by Gasteiger charge is -2.53. The maximum atomic E-state index is 16.0. The number of nitrogens with zero attached hydrogens (tertiary/aromatic N) is 4. The van der Waals surface area contributed by atoms with Gasteiger partial charge in [0.25, 0.3) is 0 Å². The first-order valence-electron chi connectivity index (χ1n) is 13.7. The average molecular weight is 628 g/mol. The van der Waals surface area contributed by atoms with Crippen molar-refractivity contribution in [2.24, 2.45) is 5.41 Å². The van der Waals surface area contributed by atoms with Gasteiger partial charge in [-0.15, -0.1) is 16.8 Å². The van der Waals surface area contributed by atoms with Gasteiger partial charge in [0.05, 0.1) is 31.5 Å². The average Bonchev–Trinajstić information content (AvgIpc) is 3.37. The second kappa shape index (κ2) is 11.5. The Bertz CT molecular complexity index is 1680. The molecule has 2 N–H and O–H groups in total. The Hall–Kier alpha value is -3.21. The highest BCUT2D eigenvalue weighted by Gasteiger charge is 2.52. The zero-order valence-electron chi connectivity index (χ0n) is 23.1. The van der Waals surface area contributed by atoms with Crippen LogP contribution in [0.5, 0.6) is 0 Å². The Morgan fingerprint density at radius 3 is 2.64 bits per heavy atom. The van der Waals surface area contributed by atoms with Gasteiger partial charge in [-0.1, -0.05) is 35.2 Å². The van der Waals surface area contributed by atoms with Gasteiger partial charge in [-0.3, -0.25) is 4.21 Å². The van der Waals surface area contributed by atoms with Crippen molar-refractivity contribution < 1.29 is 17.9 Å². The molecule has 6 rings (SSSR count). The van der Waals surface area contributed by atoms with E-state index in [1.165, 1.54) is 29.5 Å². The summed E-state index contributed by atoms with van der Waals surface area (Å²) in [6.45, 7) is 4.13. The highest BCUT2D eigenvalue weighted by molar-refractivity contribution is 7.86. The number of nitroso groups, excluding NO2 is 1. The van der Waals surface area contributed by atoms with E-state index in [1.54, 1.807) is 30.5 Å². The third kappa shape index (κ3) is 5.47. The van der Waals surface area contributed by atoms with Gasteiger partial charge in [-0.05, 0) is 55.0 Å². The maximum Gasteiger partial charge on any atom is 0.334 e. The molecule has 42 heavy (non-hydrogen) atoms. The Labute approximate surface area is 251 Å². The lowest BCUT2D eigenvalue weighted by molar-refractivity contribution is -0.429. The van der Waals surface area contributed by atoms with Crippen molar-refractivity contribution in [1.82, 2.24) is 15.0 Å². The third-order valence-electron chi connectivity index (χ3n) is 7.89. The molecule has 1 spiro atoms. The SMILES string of the molecule is CCC(C)c1nc(-c2cccc(N[N+](=O)c3c(F)cccc3P)c2F)c(-c2ccnc(NC3CC4(C3)CS(=O)C4)n2)s1. The molecule has 2 aromatic carbocycles. The molecule has 3 heterocycles. The minimum Gasteiger partial charge on any atom is -0.351 e. The Morgan fingerprint density at radius 1 is 1.17 bits per heavy atom. The van der Waals surface area contributed by atoms with Crippen LogP contribution < -0.4 is 16.0 Å². The predicted octanol–water partition coefficient (Wildman–Crippen LogP) is 6.32. The molecule has 8 nitrogen and oxygen atoms in total. The summed E-state index contributed by atoms with van der Waals surface area (Å²) in [7, 11) is 1.63. The van der Waals surface area contributed by atoms with Crippen LogP contribution in [-0.2, 0) is 10.8 Å². The highest BCUT2D eigenvalue weighted by Crippen LogP contribution is 2.49. The van der Waals surface area contributed by atoms with Crippen molar-refractivity contribution in [2.75, 3.05) is 22.2 Å². The van der Waals surface area contributed by atoms with Gasteiger partial charge in [-0.2, -0.15) is 4.39 Å². The molecule has 2 fully saturated rings. The summed E-state index contributed by atoms with van der Waals surface area (Å²) in [6, 6.07) is 10.9. The van der Waals surface area contributed by atoms with Crippen LogP contribution in [0.1, 0.15) is 44.0 Å². The van der Waals surface area contributed by atoms with Gasteiger partial charge in [0.15, 0.2) is 10.7 Å². The van der Waals surface area contributed by atoms with E-state index < -0.39 is 22.4 Å². The molecule has 1 saturated heterocycles. The molecule has 4 aromatic rings. The van der Waals surface area contributed by atoms with E-state index in [0.717, 1.165) is 35.8 Å². The number of halogens is 2. The van der Waals surface area contributed by atoms with E-state index in [-0.39, 0.29) is 39.2 Å². The van der Waals surface area contributed by atoms with Crippen LogP contribution in [0.2, 0.25) is 0 Å². The lowest BCUT2D eigenvalue weighted by Crippen LogP contribution is -2.57. The number of hydrazine groups is 1. The molecule has 0 bridgehead atoms. The molecule has 1 saturated carbocycles. The van der Waals surface area contributed by atoms with E-state index >= 15 is 4.39 Å². The van der Waals surface area contributed by atoms with Crippen LogP contribution in [0, 0.1) is 22.0 Å². The fourth-order valence-corrected chi connectivity index (χ4v) is 8.80. The first-order valence-corrected chi connectivity index (χ1v) is 16.6. The summed E-state index contributed by atoms with van der Waals surface area (Å²) in [5.74, 6) is 0.757. The lowest BCUT2D eigenvalue weighted by atomic mass is 9.67. The van der Waals surface area contributed by atoms with Gasteiger partial charge in [0.2, 0.25) is 11.8 Å². The molecule has 218 valence electrons. The Morgan fingerprint density at radius 2 is 1.93 bits per heavy atom. The molecule has 2 unspecified atom stereocenters. The predicted molar refractivity (Wildman–Crippen MR) is 167 cm³/mol. The first-order chi connectivity index (χ1) is 20.2. The minimum absolute atomic E-state index is 0.111. The van der Waals surface area contributed by atoms with Crippen LogP contribution in [0.4, 0.5) is 26.1 Å². The molecule has 2 aliphatic rings. The monoisotopic (exact) mass is 627 g/mol. The number of aromatic nitrogens is 3. The van der Waals surface area contributed by atoms with E-state index in [0.29, 0.717) is 27.5 Å². The molecule has 13 heteroatoms. The van der Waals surface area contributed by atoms with Crippen LogP contribution in [-0.4, -0.2) is 41.6 Å². The summed E-state index contributed by atoms with van der Waals surface area (Å²) < 4.78 is 42.0. The van der Waals surface area contributed by atoms with Crippen LogP contribution in [0.25, 0.3) is 21.8 Å². The quantitative estimate of drug-likeness (QED) is 0.127. The van der Waals surface area contributed by atoms with Crippen LogP contribution >= 0.6 is 20.6 Å². The van der Waals surface area contributed by atoms with E-state index in [9.17, 15) is 13.5 Å². The highest BCUT2D eigenvalue weighted by atomic mass is 32.2. The van der Waals surface area contributed by atoms with Crippen molar-refractivity contribution in [1.29, 1.82) is 0 Å². The van der Waals surface area contributed by atoms with Gasteiger partial charge in [0.1, 0.15) is 5.69 Å². The number of rotatable bonds is 9. The number of benzene rings is 2. The number of thiazole rings is 1. The number of hydrogen-bond acceptors (Lipinski definition) is 7. The Balaban J connectivity index is 1.31. The third-order valence-corrected chi connectivity index (χ3v) is 11.5. The smallest absolute Gasteiger partial charge is 0.334 e. The van der Waals surface area contributed by atoms with Crippen molar-refractivity contribution in [3.63, 3.8) is 0 Å². The van der Waals surface area contributed by atoms with Crippen molar-refractivity contribution >= 4 is 54.0 Å². The van der Waals surface area contributed by atoms with Gasteiger partial charge < -0.3 is 5.32 Å². The summed E-state index contributed by atoms with van der Waals surface area (Å²) in [4.78, 5) is 27.8. The van der Waals surface area contributed by atoms with Crippen LogP contribution in [0.3, 0.4) is 0 Å². The normalized spacial score (nSPS) is 21.8. The van der Waals surface area contributed by atoms with Gasteiger partial charge in [0, 0.05) is 46.0 Å². The largest absolute Gasteiger partial charge is 0.351 e. The first kappa shape index (κ1) is 28.9. The number of nitrogens with one attached hydrogen (secondary N) is 2. The zero-order valence-corrected chi connectivity index (χ0v) is 25.9. The topological polar surface area (TPSA) is 99.9 Å². The second-order valence-electron chi connectivity index (χ2n) is 11.0. The van der Waals surface area contributed by atoms with Gasteiger partial charge in [-0.25, -0.2) is 19.3 Å². The van der Waals surface area contributed by atoms with Crippen LogP contribution in [0.15, 0.2) is 48.7 Å². The molecule has 0 radical (unpaired) electrons. The summed E-state index contributed by atoms with van der Waals surface area (Å²) in [5, 5.41) is 4.58. The molecule has 2 aromatic heterocycles. The number of hydrogen-bond donors (Lipinski definition) is 2. The van der Waals surface area contributed by atoms with Gasteiger partial charge >= 0.3 is 5.69 Å². The van der Waals surface area contributed by atoms with Crippen molar-refractivity contribution in [2.45, 2.75) is 45.1 Å². The standard InChI is InChI=1S/C29H30F2N6O2PS2/c1-3-16(2)27-35-24(18-6-4-8-20(23(18)31)36-37(38)25-19(30)7-5-9-22(25)40)26(41-27)21-10-11-32-28(34-21)33-17-12-29(13-17)14-42(39)15-29/h4-11,16-17H,3,12-15,40H2,1-2H3,(H,36,38)(H,32,33,34)/q+1. The second-order valence-corrected chi connectivity index (χ2v) is 14.1. The van der Waals surface area contributed by atoms with E-state index in [2.05, 4.69) is 38.8 Å². The molecular formula is C29H30F2N6O2PS2+. The molecule has 0 amide bonds. The molecule has 1 aliphatic carbocycles. The molecule has 1 aliphatic heterocycles. The molecule has 2 atom stereocenters. The van der Waals surface area contributed by atoms with Crippen molar-refractivity contribution in [3.05, 3.63) is 70.2 Å². The van der Waals surface area contributed by atoms with E-state index in [1.807, 2.05) is 0 Å². The molecular weight excluding hydrogens is 597 g/mol. The van der Waals surface area contributed by atoms with E-state index in [4.69, 9.17) is 9.97 Å². The fourth-order valence-electron chi connectivity index (χ4n) is 5.49. The summed E-state index contributed by atoms with van der Waals surface area (Å²) in [6.07, 6.45) is 4.42.